The second kappa shape index (κ2) is 10.5. The number of para-hydroxylation sites is 1. The Kier molecular flexibility index (Phi) is 7.64. The first-order valence-corrected chi connectivity index (χ1v) is 12.6. The van der Waals surface area contributed by atoms with Crippen molar-refractivity contribution in [3.63, 3.8) is 0 Å². The van der Waals surface area contributed by atoms with Crippen molar-refractivity contribution in [2.24, 2.45) is 5.92 Å². The van der Waals surface area contributed by atoms with Crippen LogP contribution in [0.15, 0.2) is 42.5 Å². The van der Waals surface area contributed by atoms with Gasteiger partial charge in [0, 0.05) is 68.9 Å². The van der Waals surface area contributed by atoms with Crippen LogP contribution in [0.2, 0.25) is 0 Å². The summed E-state index contributed by atoms with van der Waals surface area (Å²) in [5.74, 6) is -1.99. The first kappa shape index (κ1) is 26.1. The van der Waals surface area contributed by atoms with Gasteiger partial charge in [0.2, 0.25) is 11.8 Å². The number of nitrogens with zero attached hydrogens (tertiary/aromatic N) is 3. The van der Waals surface area contributed by atoms with Crippen LogP contribution in [0.4, 0.5) is 14.5 Å². The summed E-state index contributed by atoms with van der Waals surface area (Å²) in [6.07, 6.45) is 0.956. The average molecular weight is 499 g/mol. The van der Waals surface area contributed by atoms with Crippen molar-refractivity contribution in [3.05, 3.63) is 65.2 Å². The van der Waals surface area contributed by atoms with E-state index in [0.29, 0.717) is 63.4 Å². The molecule has 6 nitrogen and oxygen atoms in total. The largest absolute Gasteiger partial charge is 0.399 e. The summed E-state index contributed by atoms with van der Waals surface area (Å²) >= 11 is 0. The molecule has 4 rings (SSSR count). The van der Waals surface area contributed by atoms with Crippen LogP contribution in [0.25, 0.3) is 0 Å². The van der Waals surface area contributed by atoms with Crippen molar-refractivity contribution in [2.45, 2.75) is 45.1 Å². The molecule has 2 aliphatic rings. The van der Waals surface area contributed by atoms with Crippen molar-refractivity contribution in [3.8, 4) is 0 Å². The molecule has 0 aromatic heterocycles. The Labute approximate surface area is 212 Å². The van der Waals surface area contributed by atoms with E-state index in [0.717, 1.165) is 11.6 Å². The van der Waals surface area contributed by atoms with Gasteiger partial charge in [0.05, 0.1) is 5.92 Å². The molecule has 0 aliphatic carbocycles. The third-order valence-electron chi connectivity index (χ3n) is 7.56. The summed E-state index contributed by atoms with van der Waals surface area (Å²) in [5.41, 5.74) is 7.84. The van der Waals surface area contributed by atoms with Gasteiger partial charge in [-0.2, -0.15) is 0 Å². The molecule has 2 atom stereocenters. The molecule has 2 aliphatic heterocycles. The lowest BCUT2D eigenvalue weighted by molar-refractivity contribution is -0.142. The first-order chi connectivity index (χ1) is 17.0. The van der Waals surface area contributed by atoms with E-state index in [9.17, 15) is 18.4 Å². The molecular weight excluding hydrogens is 462 g/mol. The van der Waals surface area contributed by atoms with E-state index in [1.165, 1.54) is 12.1 Å². The third-order valence-corrected chi connectivity index (χ3v) is 7.56. The van der Waals surface area contributed by atoms with E-state index >= 15 is 0 Å². The monoisotopic (exact) mass is 498 g/mol. The second-order valence-corrected chi connectivity index (χ2v) is 10.9. The molecule has 0 spiro atoms. The standard InChI is InChI=1S/C28H36F2N4O2/c1-28(2,3)34-17-22(21-10-9-20(29)16-24(21)30)23(18-34)27(36)33-14-12-32(13-15-33)26(35)11-8-19-6-4-5-7-25(19)31/h4-7,9-10,16,22-23H,8,11-15,17-18,31H2,1-3H3/t22-,23+/m0/s1. The van der Waals surface area contributed by atoms with E-state index < -0.39 is 17.6 Å². The topological polar surface area (TPSA) is 69.9 Å². The van der Waals surface area contributed by atoms with E-state index in [2.05, 4.69) is 25.7 Å². The Hall–Kier alpha value is -3.00. The van der Waals surface area contributed by atoms with Gasteiger partial charge in [-0.1, -0.05) is 24.3 Å². The maximum atomic E-state index is 14.7. The summed E-state index contributed by atoms with van der Waals surface area (Å²) in [6.45, 7) is 9.11. The number of carbonyl (C=O) groups is 2. The number of likely N-dealkylation sites (tertiary alicyclic amines) is 1. The lowest BCUT2D eigenvalue weighted by atomic mass is 9.87. The number of carbonyl (C=O) groups excluding carboxylic acids is 2. The molecule has 2 heterocycles. The minimum atomic E-state index is -0.624. The van der Waals surface area contributed by atoms with Crippen LogP contribution in [0, 0.1) is 17.6 Å². The molecule has 8 heteroatoms. The number of hydrogen-bond donors (Lipinski definition) is 1. The highest BCUT2D eigenvalue weighted by atomic mass is 19.1. The highest BCUT2D eigenvalue weighted by Gasteiger charge is 2.44. The lowest BCUT2D eigenvalue weighted by Gasteiger charge is -2.37. The van der Waals surface area contributed by atoms with Gasteiger partial charge < -0.3 is 15.5 Å². The van der Waals surface area contributed by atoms with Crippen molar-refractivity contribution in [1.82, 2.24) is 14.7 Å². The van der Waals surface area contributed by atoms with Gasteiger partial charge in [-0.3, -0.25) is 14.5 Å². The number of anilines is 1. The minimum absolute atomic E-state index is 0.0281. The maximum absolute atomic E-state index is 14.7. The summed E-state index contributed by atoms with van der Waals surface area (Å²) in [4.78, 5) is 32.2. The van der Waals surface area contributed by atoms with Gasteiger partial charge in [0.1, 0.15) is 11.6 Å². The Morgan fingerprint density at radius 2 is 1.64 bits per heavy atom. The Morgan fingerprint density at radius 1 is 0.972 bits per heavy atom. The number of hydrogen-bond acceptors (Lipinski definition) is 4. The number of halogens is 2. The van der Waals surface area contributed by atoms with Crippen molar-refractivity contribution >= 4 is 17.5 Å². The van der Waals surface area contributed by atoms with Gasteiger partial charge in [0.25, 0.3) is 0 Å². The number of amides is 2. The highest BCUT2D eigenvalue weighted by Crippen LogP contribution is 2.38. The van der Waals surface area contributed by atoms with Gasteiger partial charge in [-0.15, -0.1) is 0 Å². The third kappa shape index (κ3) is 5.69. The first-order valence-electron chi connectivity index (χ1n) is 12.6. The predicted molar refractivity (Wildman–Crippen MR) is 136 cm³/mol. The van der Waals surface area contributed by atoms with E-state index in [1.807, 2.05) is 24.3 Å². The summed E-state index contributed by atoms with van der Waals surface area (Å²) in [6, 6.07) is 11.2. The quantitative estimate of drug-likeness (QED) is 0.639. The van der Waals surface area contributed by atoms with Crippen molar-refractivity contribution < 1.29 is 18.4 Å². The molecule has 0 unspecified atom stereocenters. The molecule has 2 aromatic rings. The molecule has 0 bridgehead atoms. The summed E-state index contributed by atoms with van der Waals surface area (Å²) in [7, 11) is 0. The highest BCUT2D eigenvalue weighted by molar-refractivity contribution is 5.82. The van der Waals surface area contributed by atoms with E-state index in [1.54, 1.807) is 9.80 Å². The Balaban J connectivity index is 1.40. The Bertz CT molecular complexity index is 1110. The molecular formula is C28H36F2N4O2. The second-order valence-electron chi connectivity index (χ2n) is 10.9. The molecule has 0 saturated carbocycles. The zero-order chi connectivity index (χ0) is 26.0. The smallest absolute Gasteiger partial charge is 0.227 e. The van der Waals surface area contributed by atoms with Crippen molar-refractivity contribution in [2.75, 3.05) is 45.0 Å². The number of benzene rings is 2. The van der Waals surface area contributed by atoms with Crippen LogP contribution < -0.4 is 5.73 Å². The zero-order valence-corrected chi connectivity index (χ0v) is 21.3. The summed E-state index contributed by atoms with van der Waals surface area (Å²) in [5, 5.41) is 0. The van der Waals surface area contributed by atoms with Crippen LogP contribution in [-0.2, 0) is 16.0 Å². The maximum Gasteiger partial charge on any atom is 0.227 e. The summed E-state index contributed by atoms with van der Waals surface area (Å²) < 4.78 is 28.3. The number of rotatable bonds is 5. The Morgan fingerprint density at radius 3 is 2.28 bits per heavy atom. The molecule has 0 radical (unpaired) electrons. The zero-order valence-electron chi connectivity index (χ0n) is 21.3. The minimum Gasteiger partial charge on any atom is -0.399 e. The van der Waals surface area contributed by atoms with Gasteiger partial charge in [0.15, 0.2) is 0 Å². The predicted octanol–water partition coefficient (Wildman–Crippen LogP) is 3.66. The number of piperazine rings is 1. The average Bonchev–Trinajstić information content (AvgIpc) is 3.29. The number of nitrogens with two attached hydrogens (primary N) is 1. The van der Waals surface area contributed by atoms with Crippen LogP contribution >= 0.6 is 0 Å². The molecule has 2 N–H and O–H groups in total. The number of nitrogen functional groups attached to an aromatic ring is 1. The van der Waals surface area contributed by atoms with Crippen LogP contribution in [0.5, 0.6) is 0 Å². The molecule has 194 valence electrons. The lowest BCUT2D eigenvalue weighted by Crippen LogP contribution is -2.52. The van der Waals surface area contributed by atoms with Crippen LogP contribution in [0.1, 0.15) is 44.2 Å². The molecule has 2 amide bonds. The number of aryl methyl sites for hydroxylation is 1. The van der Waals surface area contributed by atoms with E-state index in [-0.39, 0.29) is 23.3 Å². The molecule has 2 aromatic carbocycles. The van der Waals surface area contributed by atoms with E-state index in [4.69, 9.17) is 5.73 Å². The van der Waals surface area contributed by atoms with Gasteiger partial charge in [-0.25, -0.2) is 8.78 Å². The fourth-order valence-electron chi connectivity index (χ4n) is 5.29. The van der Waals surface area contributed by atoms with Gasteiger partial charge in [-0.05, 0) is 50.5 Å². The van der Waals surface area contributed by atoms with Crippen LogP contribution in [-0.4, -0.2) is 71.3 Å². The molecule has 2 fully saturated rings. The SMILES string of the molecule is CC(C)(C)N1C[C@@H](C(=O)N2CCN(C(=O)CCc3ccccc3N)CC2)[C@H](c2ccc(F)cc2F)C1. The van der Waals surface area contributed by atoms with Gasteiger partial charge >= 0.3 is 0 Å². The molecule has 36 heavy (non-hydrogen) atoms. The normalized spacial score (nSPS) is 21.1. The van der Waals surface area contributed by atoms with Crippen molar-refractivity contribution in [1.29, 1.82) is 0 Å². The fraction of sp³-hybridized carbons (Fsp3) is 0.500. The fourth-order valence-corrected chi connectivity index (χ4v) is 5.29. The van der Waals surface area contributed by atoms with Crippen LogP contribution in [0.3, 0.4) is 0 Å². The molecule has 2 saturated heterocycles.